The van der Waals surface area contributed by atoms with Gasteiger partial charge in [0, 0.05) is 82.3 Å². The first kappa shape index (κ1) is 39.9. The second-order valence-electron chi connectivity index (χ2n) is 15.0. The summed E-state index contributed by atoms with van der Waals surface area (Å²) >= 11 is 0. The molecule has 4 amide bonds. The molecule has 4 aromatic heterocycles. The van der Waals surface area contributed by atoms with Crippen LogP contribution in [-0.2, 0) is 25.9 Å². The van der Waals surface area contributed by atoms with Gasteiger partial charge in [-0.2, -0.15) is 0 Å². The summed E-state index contributed by atoms with van der Waals surface area (Å²) < 4.78 is 17.6. The number of aromatic nitrogens is 5. The largest absolute Gasteiger partial charge is 0.493 e. The van der Waals surface area contributed by atoms with E-state index in [0.29, 0.717) is 70.4 Å². The number of nitrogen functional groups attached to an aromatic ring is 1. The maximum absolute atomic E-state index is 13.5. The number of rotatable bonds is 12. The number of imidazole rings is 1. The predicted molar refractivity (Wildman–Crippen MR) is 229 cm³/mol. The number of benzene rings is 2. The van der Waals surface area contributed by atoms with Crippen LogP contribution in [0.2, 0.25) is 0 Å². The summed E-state index contributed by atoms with van der Waals surface area (Å²) in [7, 11) is 6.48. The van der Waals surface area contributed by atoms with Crippen LogP contribution in [0.3, 0.4) is 0 Å². The average Bonchev–Trinajstić information content (AvgIpc) is 4.05. The van der Waals surface area contributed by atoms with Crippen LogP contribution in [0.4, 0.5) is 28.6 Å². The van der Waals surface area contributed by atoms with Gasteiger partial charge in [0.15, 0.2) is 17.3 Å². The molecule has 0 bridgehead atoms. The van der Waals surface area contributed by atoms with Crippen LogP contribution in [-0.4, -0.2) is 90.2 Å². The Morgan fingerprint density at radius 3 is 2.39 bits per heavy atom. The van der Waals surface area contributed by atoms with E-state index in [0.717, 1.165) is 11.0 Å². The van der Waals surface area contributed by atoms with Gasteiger partial charge in [0.25, 0.3) is 23.6 Å². The predicted octanol–water partition coefficient (Wildman–Crippen LogP) is 5.12. The van der Waals surface area contributed by atoms with Crippen molar-refractivity contribution < 1.29 is 33.4 Å². The summed E-state index contributed by atoms with van der Waals surface area (Å²) in [6.45, 7) is 4.67. The Morgan fingerprint density at radius 2 is 1.62 bits per heavy atom. The molecule has 2 aliphatic rings. The summed E-state index contributed by atoms with van der Waals surface area (Å²) in [6.07, 6.45) is 9.28. The minimum absolute atomic E-state index is 0.0231. The van der Waals surface area contributed by atoms with Crippen molar-refractivity contribution in [1.82, 2.24) is 28.2 Å². The lowest BCUT2D eigenvalue weighted by Crippen LogP contribution is -2.35. The highest BCUT2D eigenvalue weighted by molar-refractivity contribution is 6.08. The van der Waals surface area contributed by atoms with Crippen LogP contribution >= 0.6 is 0 Å². The van der Waals surface area contributed by atoms with E-state index in [1.165, 1.54) is 28.5 Å². The zero-order chi connectivity index (χ0) is 43.1. The number of nitrogens with one attached hydrogen (secondary N) is 3. The Balaban J connectivity index is 0.837. The summed E-state index contributed by atoms with van der Waals surface area (Å²) in [6, 6.07) is 13.4. The lowest BCUT2D eigenvalue weighted by Gasteiger charge is -2.20. The number of hydrogen-bond donors (Lipinski definition) is 4. The third kappa shape index (κ3) is 7.97. The first-order chi connectivity index (χ1) is 29.3. The van der Waals surface area contributed by atoms with Gasteiger partial charge in [-0.15, -0.1) is 0 Å². The van der Waals surface area contributed by atoms with Crippen molar-refractivity contribution in [1.29, 1.82) is 0 Å². The van der Waals surface area contributed by atoms with E-state index >= 15 is 0 Å². The maximum Gasteiger partial charge on any atom is 0.291 e. The monoisotopic (exact) mass is 825 g/mol. The van der Waals surface area contributed by atoms with E-state index in [1.807, 2.05) is 12.1 Å². The summed E-state index contributed by atoms with van der Waals surface area (Å²) in [5.41, 5.74) is 10.4. The molecule has 0 saturated carbocycles. The molecule has 312 valence electrons. The number of aryl methyl sites for hydroxylation is 3. The molecule has 2 aromatic carbocycles. The fourth-order valence-electron chi connectivity index (χ4n) is 7.49. The minimum Gasteiger partial charge on any atom is -0.493 e. The molecule has 18 nitrogen and oxygen atoms in total. The first-order valence-corrected chi connectivity index (χ1v) is 19.3. The van der Waals surface area contributed by atoms with Crippen LogP contribution in [0.15, 0.2) is 90.5 Å². The zero-order valence-corrected chi connectivity index (χ0v) is 33.9. The van der Waals surface area contributed by atoms with Crippen molar-refractivity contribution >= 4 is 75.2 Å². The summed E-state index contributed by atoms with van der Waals surface area (Å²) in [4.78, 5) is 76.8. The van der Waals surface area contributed by atoms with Gasteiger partial charge in [-0.3, -0.25) is 33.5 Å². The number of anilines is 4. The van der Waals surface area contributed by atoms with Crippen molar-refractivity contribution in [3.05, 3.63) is 108 Å². The minimum atomic E-state index is -0.564. The number of amides is 4. The average molecular weight is 826 g/mol. The zero-order valence-electron chi connectivity index (χ0n) is 33.9. The van der Waals surface area contributed by atoms with Crippen molar-refractivity contribution in [2.45, 2.75) is 25.3 Å². The fraction of sp³-hybridized carbons (Fsp3) is 0.233. The molecule has 6 heterocycles. The smallest absolute Gasteiger partial charge is 0.291 e. The Labute approximate surface area is 349 Å². The van der Waals surface area contributed by atoms with Gasteiger partial charge in [-0.1, -0.05) is 18.2 Å². The van der Waals surface area contributed by atoms with Gasteiger partial charge >= 0.3 is 0 Å². The summed E-state index contributed by atoms with van der Waals surface area (Å²) in [5.74, 6) is -0.821. The van der Waals surface area contributed by atoms with E-state index in [1.54, 1.807) is 90.3 Å². The highest BCUT2D eigenvalue weighted by Gasteiger charge is 2.34. The molecule has 0 spiro atoms. The number of nitrogens with zero attached hydrogens (tertiary/aromatic N) is 7. The van der Waals surface area contributed by atoms with Crippen LogP contribution < -0.4 is 31.2 Å². The Bertz CT molecular complexity index is 2820. The number of methoxy groups -OCH3 is 1. The van der Waals surface area contributed by atoms with E-state index in [2.05, 4.69) is 32.5 Å². The number of hydrogen-bond acceptors (Lipinski definition) is 10. The van der Waals surface area contributed by atoms with Gasteiger partial charge < -0.3 is 49.8 Å². The molecular formula is C43H43N11O7. The number of nitrogens with two attached hydrogens (primary N) is 1. The maximum atomic E-state index is 13.5. The van der Waals surface area contributed by atoms with Gasteiger partial charge in [-0.25, -0.2) is 4.98 Å². The van der Waals surface area contributed by atoms with Crippen LogP contribution in [0, 0.1) is 0 Å². The van der Waals surface area contributed by atoms with Crippen LogP contribution in [0.1, 0.15) is 61.2 Å². The molecule has 8 rings (SSSR count). The van der Waals surface area contributed by atoms with E-state index in [9.17, 15) is 24.0 Å². The third-order valence-corrected chi connectivity index (χ3v) is 10.5. The third-order valence-electron chi connectivity index (χ3n) is 10.5. The standard InChI is InChI=1S/C43H43N11O7/c1-24-13-29-19-45-31-18-36(35(60-5)17-30(31)42(58)54(29)20-24)61-12-6-7-38(55)48-37-23-52(4)39(49-37)41(57)47-27-15-33(50(2)21-27)40(56)46-28-16-34(51(3)22-28)43(59)53-11-10-25-8-9-26(44)14-32(25)53/h8-11,14-19,21-23,29H,1,6-7,12-13,20,44H2,2-5H3,(H,46,56)(H,47,57)(H,48,55). The van der Waals surface area contributed by atoms with E-state index in [4.69, 9.17) is 15.2 Å². The molecule has 1 fully saturated rings. The molecule has 61 heavy (non-hydrogen) atoms. The van der Waals surface area contributed by atoms with Crippen molar-refractivity contribution in [3.8, 4) is 11.5 Å². The normalized spacial score (nSPS) is 14.4. The topological polar surface area (TPSA) is 214 Å². The Kier molecular flexibility index (Phi) is 10.5. The molecule has 6 aromatic rings. The second kappa shape index (κ2) is 16.0. The van der Waals surface area contributed by atoms with Crippen molar-refractivity contribution in [3.63, 3.8) is 0 Å². The lowest BCUT2D eigenvalue weighted by atomic mass is 10.1. The van der Waals surface area contributed by atoms with Crippen molar-refractivity contribution in [2.24, 2.45) is 26.1 Å². The Hall–Kier alpha value is -7.89. The lowest BCUT2D eigenvalue weighted by molar-refractivity contribution is -0.116. The molecule has 0 radical (unpaired) electrons. The number of carbonyl (C=O) groups excluding carboxylic acids is 5. The number of ether oxygens (including phenoxy) is 2. The SMILES string of the molecule is C=C1CC2C=Nc3cc(OCCCC(=O)Nc4cn(C)c(C(=O)Nc5cc(C(=O)Nc6cc(C(=O)n7ccc8ccc(N)cc87)n(C)c6)n(C)c5)n4)c(OC)cc3C(=O)N2C1. The van der Waals surface area contributed by atoms with Crippen molar-refractivity contribution in [2.75, 3.05) is 41.9 Å². The highest BCUT2D eigenvalue weighted by Crippen LogP contribution is 2.38. The number of aliphatic imine (C=N–C) groups is 1. The Morgan fingerprint density at radius 1 is 0.885 bits per heavy atom. The van der Waals surface area contributed by atoms with Gasteiger partial charge in [0.2, 0.25) is 11.7 Å². The molecule has 5 N–H and O–H groups in total. The molecule has 2 aliphatic heterocycles. The first-order valence-electron chi connectivity index (χ1n) is 19.3. The van der Waals surface area contributed by atoms with Crippen LogP contribution in [0.25, 0.3) is 10.9 Å². The molecule has 1 unspecified atom stereocenters. The van der Waals surface area contributed by atoms with Gasteiger partial charge in [-0.05, 0) is 49.2 Å². The molecule has 0 aliphatic carbocycles. The fourth-order valence-corrected chi connectivity index (χ4v) is 7.49. The van der Waals surface area contributed by atoms with Gasteiger partial charge in [0.05, 0.1) is 47.9 Å². The molecule has 1 saturated heterocycles. The highest BCUT2D eigenvalue weighted by atomic mass is 16.5. The van der Waals surface area contributed by atoms with E-state index < -0.39 is 11.8 Å². The van der Waals surface area contributed by atoms with Gasteiger partial charge in [0.1, 0.15) is 11.4 Å². The molecule has 1 atom stereocenters. The second-order valence-corrected chi connectivity index (χ2v) is 15.0. The van der Waals surface area contributed by atoms with Crippen LogP contribution in [0.5, 0.6) is 11.5 Å². The van der Waals surface area contributed by atoms with E-state index in [-0.39, 0.29) is 54.1 Å². The number of carbonyl (C=O) groups is 5. The molecular weight excluding hydrogens is 783 g/mol. The molecule has 18 heteroatoms. The number of fused-ring (bicyclic) bond motifs is 3. The summed E-state index contributed by atoms with van der Waals surface area (Å²) in [5, 5.41) is 9.16. The quantitative estimate of drug-likeness (QED) is 0.0731.